The van der Waals surface area contributed by atoms with Crippen LogP contribution in [-0.2, 0) is 14.8 Å². The summed E-state index contributed by atoms with van der Waals surface area (Å²) < 4.78 is 41.7. The number of hydrogen-bond acceptors (Lipinski definition) is 3. The molecule has 3 rings (SSSR count). The Labute approximate surface area is 180 Å². The van der Waals surface area contributed by atoms with E-state index in [0.29, 0.717) is 10.6 Å². The zero-order valence-corrected chi connectivity index (χ0v) is 18.0. The highest BCUT2D eigenvalue weighted by atomic mass is 35.5. The third kappa shape index (κ3) is 4.80. The second kappa shape index (κ2) is 8.85. The Bertz CT molecular complexity index is 1180. The van der Waals surface area contributed by atoms with Crippen molar-refractivity contribution in [1.82, 2.24) is 0 Å². The number of hydrogen-bond donors (Lipinski definition) is 1. The van der Waals surface area contributed by atoms with Gasteiger partial charge in [-0.15, -0.1) is 0 Å². The Hall–Kier alpha value is -2.90. The zero-order chi connectivity index (χ0) is 21.9. The van der Waals surface area contributed by atoms with Crippen molar-refractivity contribution >= 4 is 38.9 Å². The molecule has 0 aromatic heterocycles. The fourth-order valence-corrected chi connectivity index (χ4v) is 4.51. The summed E-state index contributed by atoms with van der Waals surface area (Å²) in [6.07, 6.45) is 0. The number of carbonyl (C=O) groups is 1. The molecule has 0 saturated carbocycles. The number of anilines is 2. The first-order chi connectivity index (χ1) is 14.2. The molecule has 0 spiro atoms. The number of rotatable bonds is 6. The summed E-state index contributed by atoms with van der Waals surface area (Å²) in [4.78, 5) is 12.7. The predicted molar refractivity (Wildman–Crippen MR) is 117 cm³/mol. The van der Waals surface area contributed by atoms with Crippen LogP contribution in [0.15, 0.2) is 71.6 Å². The number of aryl methyl sites for hydroxylation is 2. The van der Waals surface area contributed by atoms with E-state index in [2.05, 4.69) is 5.32 Å². The van der Waals surface area contributed by atoms with Gasteiger partial charge >= 0.3 is 0 Å². The van der Waals surface area contributed by atoms with E-state index in [1.807, 2.05) is 6.92 Å². The molecule has 156 valence electrons. The second-order valence-electron chi connectivity index (χ2n) is 6.78. The van der Waals surface area contributed by atoms with Crippen LogP contribution in [0.2, 0.25) is 5.02 Å². The molecule has 0 radical (unpaired) electrons. The smallest absolute Gasteiger partial charge is 0.264 e. The summed E-state index contributed by atoms with van der Waals surface area (Å²) in [5.41, 5.74) is 1.76. The molecule has 0 saturated heterocycles. The average molecular weight is 447 g/mol. The quantitative estimate of drug-likeness (QED) is 0.583. The lowest BCUT2D eigenvalue weighted by molar-refractivity contribution is -0.114. The van der Waals surface area contributed by atoms with Crippen LogP contribution in [0.1, 0.15) is 11.1 Å². The number of halogens is 2. The normalized spacial score (nSPS) is 11.2. The second-order valence-corrected chi connectivity index (χ2v) is 9.08. The van der Waals surface area contributed by atoms with Gasteiger partial charge in [-0.25, -0.2) is 12.8 Å². The van der Waals surface area contributed by atoms with Gasteiger partial charge in [0.1, 0.15) is 12.4 Å². The maximum Gasteiger partial charge on any atom is 0.264 e. The third-order valence-electron chi connectivity index (χ3n) is 4.48. The van der Waals surface area contributed by atoms with Crippen molar-refractivity contribution < 1.29 is 17.6 Å². The number of amides is 1. The van der Waals surface area contributed by atoms with E-state index in [9.17, 15) is 17.6 Å². The summed E-state index contributed by atoms with van der Waals surface area (Å²) in [7, 11) is -4.09. The molecule has 5 nitrogen and oxygen atoms in total. The molecule has 0 heterocycles. The molecule has 3 aromatic carbocycles. The topological polar surface area (TPSA) is 66.5 Å². The van der Waals surface area contributed by atoms with Gasteiger partial charge in [-0.05, 0) is 55.8 Å². The van der Waals surface area contributed by atoms with Crippen molar-refractivity contribution in [3.63, 3.8) is 0 Å². The third-order valence-corrected chi connectivity index (χ3v) is 6.49. The Balaban J connectivity index is 2.01. The number of sulfonamides is 1. The molecular weight excluding hydrogens is 427 g/mol. The summed E-state index contributed by atoms with van der Waals surface area (Å²) >= 11 is 6.09. The Kier molecular flexibility index (Phi) is 6.43. The molecule has 0 fully saturated rings. The Morgan fingerprint density at radius 1 is 1.03 bits per heavy atom. The lowest BCUT2D eigenvalue weighted by Crippen LogP contribution is -2.38. The van der Waals surface area contributed by atoms with Gasteiger partial charge in [0.25, 0.3) is 10.0 Å². The van der Waals surface area contributed by atoms with Crippen LogP contribution < -0.4 is 9.62 Å². The number of nitrogens with one attached hydrogen (secondary N) is 1. The SMILES string of the molecule is Cc1ccc(S(=O)(=O)N(CC(=O)Nc2ccccc2F)c2cc(Cl)ccc2C)cc1. The monoisotopic (exact) mass is 446 g/mol. The van der Waals surface area contributed by atoms with Gasteiger partial charge in [0.05, 0.1) is 16.3 Å². The van der Waals surface area contributed by atoms with E-state index in [4.69, 9.17) is 11.6 Å². The predicted octanol–water partition coefficient (Wildman–Crippen LogP) is 4.93. The van der Waals surface area contributed by atoms with E-state index in [1.54, 1.807) is 37.3 Å². The minimum Gasteiger partial charge on any atom is -0.322 e. The summed E-state index contributed by atoms with van der Waals surface area (Å²) in [6, 6.07) is 16.8. The molecule has 30 heavy (non-hydrogen) atoms. The van der Waals surface area contributed by atoms with Gasteiger partial charge in [-0.2, -0.15) is 0 Å². The molecule has 1 N–H and O–H groups in total. The van der Waals surface area contributed by atoms with Crippen LogP contribution in [0.25, 0.3) is 0 Å². The number of para-hydroxylation sites is 1. The van der Waals surface area contributed by atoms with Crippen molar-refractivity contribution in [1.29, 1.82) is 0 Å². The van der Waals surface area contributed by atoms with Crippen LogP contribution in [0.5, 0.6) is 0 Å². The summed E-state index contributed by atoms with van der Waals surface area (Å²) in [6.45, 7) is 3.01. The van der Waals surface area contributed by atoms with Crippen molar-refractivity contribution in [2.24, 2.45) is 0 Å². The van der Waals surface area contributed by atoms with Crippen molar-refractivity contribution in [2.75, 3.05) is 16.2 Å². The summed E-state index contributed by atoms with van der Waals surface area (Å²) in [5, 5.41) is 2.75. The maximum absolute atomic E-state index is 13.9. The number of carbonyl (C=O) groups excluding carboxylic acids is 1. The van der Waals surface area contributed by atoms with Crippen molar-refractivity contribution in [2.45, 2.75) is 18.7 Å². The number of nitrogens with zero attached hydrogens (tertiary/aromatic N) is 1. The van der Waals surface area contributed by atoms with Gasteiger partial charge in [0.2, 0.25) is 5.91 Å². The molecule has 0 atom stereocenters. The van der Waals surface area contributed by atoms with Gasteiger partial charge < -0.3 is 5.32 Å². The first kappa shape index (κ1) is 21.8. The highest BCUT2D eigenvalue weighted by Gasteiger charge is 2.28. The lowest BCUT2D eigenvalue weighted by atomic mass is 10.2. The average Bonchev–Trinajstić information content (AvgIpc) is 2.70. The van der Waals surface area contributed by atoms with Crippen molar-refractivity contribution in [3.8, 4) is 0 Å². The van der Waals surface area contributed by atoms with E-state index >= 15 is 0 Å². The fourth-order valence-electron chi connectivity index (χ4n) is 2.87. The Morgan fingerprint density at radius 3 is 2.37 bits per heavy atom. The van der Waals surface area contributed by atoms with Gasteiger partial charge in [-0.1, -0.05) is 47.5 Å². The minimum absolute atomic E-state index is 0.0296. The molecule has 0 aliphatic carbocycles. The highest BCUT2D eigenvalue weighted by Crippen LogP contribution is 2.29. The molecule has 0 aliphatic heterocycles. The van der Waals surface area contributed by atoms with Crippen LogP contribution in [-0.4, -0.2) is 20.9 Å². The van der Waals surface area contributed by atoms with Crippen LogP contribution >= 0.6 is 11.6 Å². The first-order valence-electron chi connectivity index (χ1n) is 9.08. The molecule has 0 bridgehead atoms. The first-order valence-corrected chi connectivity index (χ1v) is 10.9. The minimum atomic E-state index is -4.09. The van der Waals surface area contributed by atoms with Gasteiger partial charge in [0, 0.05) is 5.02 Å². The van der Waals surface area contributed by atoms with Gasteiger partial charge in [-0.3, -0.25) is 9.10 Å². The fraction of sp³-hybridized carbons (Fsp3) is 0.136. The largest absolute Gasteiger partial charge is 0.322 e. The van der Waals surface area contributed by atoms with Crippen LogP contribution in [0.3, 0.4) is 0 Å². The van der Waals surface area contributed by atoms with Crippen molar-refractivity contribution in [3.05, 3.63) is 88.7 Å². The highest BCUT2D eigenvalue weighted by molar-refractivity contribution is 7.92. The summed E-state index contributed by atoms with van der Waals surface area (Å²) in [5.74, 6) is -1.30. The molecule has 8 heteroatoms. The van der Waals surface area contributed by atoms with E-state index in [0.717, 1.165) is 9.87 Å². The van der Waals surface area contributed by atoms with Crippen LogP contribution in [0, 0.1) is 19.7 Å². The molecule has 3 aromatic rings. The molecule has 0 unspecified atom stereocenters. The molecule has 0 aliphatic rings. The zero-order valence-electron chi connectivity index (χ0n) is 16.4. The van der Waals surface area contributed by atoms with E-state index in [1.165, 1.54) is 36.4 Å². The Morgan fingerprint density at radius 2 is 1.70 bits per heavy atom. The van der Waals surface area contributed by atoms with Gasteiger partial charge in [0.15, 0.2) is 0 Å². The van der Waals surface area contributed by atoms with E-state index in [-0.39, 0.29) is 16.3 Å². The maximum atomic E-state index is 13.9. The van der Waals surface area contributed by atoms with E-state index < -0.39 is 28.3 Å². The number of benzene rings is 3. The molecule has 1 amide bonds. The van der Waals surface area contributed by atoms with Crippen LogP contribution in [0.4, 0.5) is 15.8 Å². The standard InChI is InChI=1S/C22H20ClFN2O3S/c1-15-7-11-18(12-8-15)30(28,29)26(21-13-17(23)10-9-16(21)2)14-22(27)25-20-6-4-3-5-19(20)24/h3-13H,14H2,1-2H3,(H,25,27). The lowest BCUT2D eigenvalue weighted by Gasteiger charge is -2.26. The molecular formula is C22H20ClFN2O3S.